The number of aromatic nitrogens is 2. The summed E-state index contributed by atoms with van der Waals surface area (Å²) in [4.78, 5) is 20.8. The summed E-state index contributed by atoms with van der Waals surface area (Å²) in [6.07, 6.45) is 3.16. The molecule has 0 bridgehead atoms. The van der Waals surface area contributed by atoms with Crippen molar-refractivity contribution in [2.24, 2.45) is 0 Å². The molecule has 20 heavy (non-hydrogen) atoms. The van der Waals surface area contributed by atoms with Crippen LogP contribution in [0.25, 0.3) is 0 Å². The zero-order valence-electron chi connectivity index (χ0n) is 11.2. The van der Waals surface area contributed by atoms with Crippen molar-refractivity contribution < 1.29 is 4.79 Å². The van der Waals surface area contributed by atoms with Gasteiger partial charge in [0.1, 0.15) is 5.82 Å². The van der Waals surface area contributed by atoms with Gasteiger partial charge >= 0.3 is 0 Å². The number of rotatable bonds is 4. The Morgan fingerprint density at radius 3 is 2.95 bits per heavy atom. The number of thiazole rings is 1. The third kappa shape index (κ3) is 2.80. The summed E-state index contributed by atoms with van der Waals surface area (Å²) in [6.45, 7) is 1.98. The first kappa shape index (κ1) is 13.1. The van der Waals surface area contributed by atoms with E-state index in [1.807, 2.05) is 12.3 Å². The third-order valence-corrected chi connectivity index (χ3v) is 4.04. The van der Waals surface area contributed by atoms with Crippen LogP contribution >= 0.6 is 11.3 Å². The summed E-state index contributed by atoms with van der Waals surface area (Å²) in [5.74, 6) is 0.776. The molecule has 0 radical (unpaired) electrons. The van der Waals surface area contributed by atoms with Gasteiger partial charge in [0, 0.05) is 22.6 Å². The zero-order valence-corrected chi connectivity index (χ0v) is 12.0. The highest BCUT2D eigenvalue weighted by Gasteiger charge is 2.26. The summed E-state index contributed by atoms with van der Waals surface area (Å²) in [7, 11) is 0. The number of aryl methyl sites for hydroxylation is 1. The Labute approximate surface area is 121 Å². The quantitative estimate of drug-likeness (QED) is 0.906. The number of nitrogens with two attached hydrogens (primary N) is 1. The van der Waals surface area contributed by atoms with Gasteiger partial charge in [0.05, 0.1) is 5.69 Å². The number of hydrogen-bond acceptors (Lipinski definition) is 5. The molecule has 6 heteroatoms. The predicted molar refractivity (Wildman–Crippen MR) is 80.1 cm³/mol. The lowest BCUT2D eigenvalue weighted by Crippen LogP contribution is -2.13. The van der Waals surface area contributed by atoms with Crippen molar-refractivity contribution in [2.75, 3.05) is 11.1 Å². The molecule has 0 unspecified atom stereocenters. The lowest BCUT2D eigenvalue weighted by atomic mass is 10.2. The molecule has 1 aliphatic rings. The van der Waals surface area contributed by atoms with Crippen LogP contribution in [0.15, 0.2) is 17.5 Å². The molecule has 1 aliphatic carbocycles. The van der Waals surface area contributed by atoms with Crippen LogP contribution in [0, 0.1) is 0 Å². The Bertz CT molecular complexity index is 648. The maximum atomic E-state index is 12.2. The summed E-state index contributed by atoms with van der Waals surface area (Å²) in [5, 5.41) is 5.49. The van der Waals surface area contributed by atoms with Crippen LogP contribution in [0.4, 0.5) is 10.9 Å². The SMILES string of the molecule is CCc1cc(C(=O)Nc2nc(C3CC3)cs2)cc(N)n1. The molecule has 3 N–H and O–H groups in total. The van der Waals surface area contributed by atoms with Crippen LogP contribution in [0.3, 0.4) is 0 Å². The van der Waals surface area contributed by atoms with Crippen molar-refractivity contribution in [3.63, 3.8) is 0 Å². The lowest BCUT2D eigenvalue weighted by molar-refractivity contribution is 0.102. The minimum Gasteiger partial charge on any atom is -0.384 e. The van der Waals surface area contributed by atoms with Crippen LogP contribution in [-0.2, 0) is 6.42 Å². The smallest absolute Gasteiger partial charge is 0.257 e. The molecule has 1 saturated carbocycles. The number of nitrogen functional groups attached to an aromatic ring is 1. The fraction of sp³-hybridized carbons (Fsp3) is 0.357. The number of carbonyl (C=O) groups is 1. The van der Waals surface area contributed by atoms with E-state index in [1.54, 1.807) is 12.1 Å². The molecule has 0 aliphatic heterocycles. The van der Waals surface area contributed by atoms with E-state index in [9.17, 15) is 4.79 Å². The van der Waals surface area contributed by atoms with Crippen LogP contribution in [0.2, 0.25) is 0 Å². The van der Waals surface area contributed by atoms with Crippen LogP contribution in [0.5, 0.6) is 0 Å². The summed E-state index contributed by atoms with van der Waals surface area (Å²) < 4.78 is 0. The summed E-state index contributed by atoms with van der Waals surface area (Å²) >= 11 is 1.47. The topological polar surface area (TPSA) is 80.9 Å². The Hall–Kier alpha value is -1.95. The Kier molecular flexibility index (Phi) is 3.40. The second-order valence-electron chi connectivity index (χ2n) is 4.93. The Morgan fingerprint density at radius 1 is 1.45 bits per heavy atom. The van der Waals surface area contributed by atoms with E-state index in [1.165, 1.54) is 24.2 Å². The van der Waals surface area contributed by atoms with Crippen molar-refractivity contribution in [2.45, 2.75) is 32.1 Å². The van der Waals surface area contributed by atoms with Crippen molar-refractivity contribution >= 4 is 28.2 Å². The van der Waals surface area contributed by atoms with E-state index in [4.69, 9.17) is 5.73 Å². The second kappa shape index (κ2) is 5.20. The van der Waals surface area contributed by atoms with E-state index in [0.717, 1.165) is 17.8 Å². The number of nitrogens with zero attached hydrogens (tertiary/aromatic N) is 2. The average Bonchev–Trinajstić information content (AvgIpc) is 3.19. The Morgan fingerprint density at radius 2 is 2.25 bits per heavy atom. The number of pyridine rings is 1. The molecule has 5 nitrogen and oxygen atoms in total. The van der Waals surface area contributed by atoms with Gasteiger partial charge in [-0.05, 0) is 31.4 Å². The Balaban J connectivity index is 1.76. The highest BCUT2D eigenvalue weighted by Crippen LogP contribution is 2.40. The molecule has 2 aromatic heterocycles. The first-order valence-electron chi connectivity index (χ1n) is 6.69. The van der Waals surface area contributed by atoms with Crippen LogP contribution in [0.1, 0.15) is 47.4 Å². The molecule has 1 amide bonds. The molecule has 0 aromatic carbocycles. The largest absolute Gasteiger partial charge is 0.384 e. The molecule has 2 aromatic rings. The van der Waals surface area contributed by atoms with Gasteiger partial charge < -0.3 is 5.73 Å². The van der Waals surface area contributed by atoms with Gasteiger partial charge in [-0.3, -0.25) is 10.1 Å². The lowest BCUT2D eigenvalue weighted by Gasteiger charge is -2.05. The van der Waals surface area contributed by atoms with E-state index >= 15 is 0 Å². The highest BCUT2D eigenvalue weighted by molar-refractivity contribution is 7.14. The number of nitrogens with one attached hydrogen (secondary N) is 1. The van der Waals surface area contributed by atoms with Gasteiger partial charge in [0.2, 0.25) is 0 Å². The minimum absolute atomic E-state index is 0.189. The van der Waals surface area contributed by atoms with Gasteiger partial charge in [0.25, 0.3) is 5.91 Å². The maximum Gasteiger partial charge on any atom is 0.257 e. The second-order valence-corrected chi connectivity index (χ2v) is 5.79. The normalized spacial score (nSPS) is 14.2. The number of anilines is 2. The fourth-order valence-electron chi connectivity index (χ4n) is 2.00. The molecular weight excluding hydrogens is 272 g/mol. The summed E-state index contributed by atoms with van der Waals surface area (Å²) in [5.41, 5.74) is 8.14. The molecule has 104 valence electrons. The molecule has 3 rings (SSSR count). The zero-order chi connectivity index (χ0) is 14.1. The molecule has 0 spiro atoms. The van der Waals surface area contributed by atoms with Crippen molar-refractivity contribution in [3.05, 3.63) is 34.5 Å². The molecule has 1 fully saturated rings. The van der Waals surface area contributed by atoms with Gasteiger partial charge in [-0.25, -0.2) is 9.97 Å². The molecular formula is C14H16N4OS. The van der Waals surface area contributed by atoms with Crippen molar-refractivity contribution in [3.8, 4) is 0 Å². The molecule has 0 atom stereocenters. The van der Waals surface area contributed by atoms with Gasteiger partial charge in [-0.1, -0.05) is 6.92 Å². The van der Waals surface area contributed by atoms with Gasteiger partial charge in [-0.15, -0.1) is 11.3 Å². The molecule has 2 heterocycles. The third-order valence-electron chi connectivity index (χ3n) is 3.26. The van der Waals surface area contributed by atoms with Crippen LogP contribution in [-0.4, -0.2) is 15.9 Å². The predicted octanol–water partition coefficient (Wildman–Crippen LogP) is 2.81. The maximum absolute atomic E-state index is 12.2. The monoisotopic (exact) mass is 288 g/mol. The van der Waals surface area contributed by atoms with Crippen molar-refractivity contribution in [1.82, 2.24) is 9.97 Å². The van der Waals surface area contributed by atoms with E-state index in [0.29, 0.717) is 22.4 Å². The van der Waals surface area contributed by atoms with Gasteiger partial charge in [-0.2, -0.15) is 0 Å². The van der Waals surface area contributed by atoms with E-state index in [2.05, 4.69) is 15.3 Å². The fourth-order valence-corrected chi connectivity index (χ4v) is 2.79. The highest BCUT2D eigenvalue weighted by atomic mass is 32.1. The van der Waals surface area contributed by atoms with Crippen LogP contribution < -0.4 is 11.1 Å². The van der Waals surface area contributed by atoms with E-state index < -0.39 is 0 Å². The first-order chi connectivity index (χ1) is 9.65. The number of amides is 1. The summed E-state index contributed by atoms with van der Waals surface area (Å²) in [6, 6.07) is 3.35. The van der Waals surface area contributed by atoms with E-state index in [-0.39, 0.29) is 5.91 Å². The minimum atomic E-state index is -0.189. The number of hydrogen-bond donors (Lipinski definition) is 2. The standard InChI is InChI=1S/C14H16N4OS/c1-2-10-5-9(6-12(15)16-10)13(19)18-14-17-11(7-20-14)8-3-4-8/h5-8H,2-4H2,1H3,(H2,15,16)(H,17,18,19). The average molecular weight is 288 g/mol. The number of carbonyl (C=O) groups excluding carboxylic acids is 1. The van der Waals surface area contributed by atoms with Gasteiger partial charge in [0.15, 0.2) is 5.13 Å². The van der Waals surface area contributed by atoms with Crippen molar-refractivity contribution in [1.29, 1.82) is 0 Å². The molecule has 0 saturated heterocycles. The first-order valence-corrected chi connectivity index (χ1v) is 7.57.